The van der Waals surface area contributed by atoms with Crippen molar-refractivity contribution in [2.45, 2.75) is 24.8 Å². The van der Waals surface area contributed by atoms with Crippen molar-refractivity contribution in [3.05, 3.63) is 76.0 Å². The number of nitrogens with one attached hydrogen (secondary N) is 1. The summed E-state index contributed by atoms with van der Waals surface area (Å²) in [6, 6.07) is 16.4. The van der Waals surface area contributed by atoms with E-state index in [1.54, 1.807) is 23.6 Å². The molecule has 6 nitrogen and oxygen atoms in total. The van der Waals surface area contributed by atoms with Gasteiger partial charge in [-0.1, -0.05) is 36.4 Å². The second kappa shape index (κ2) is 8.59. The molecule has 2 heterocycles. The summed E-state index contributed by atoms with van der Waals surface area (Å²) >= 11 is 1.11. The molecule has 4 rings (SSSR count). The van der Waals surface area contributed by atoms with Gasteiger partial charge >= 0.3 is 0 Å². The number of ether oxygens (including phenoxy) is 1. The molecule has 8 heteroatoms. The molecule has 0 saturated heterocycles. The van der Waals surface area contributed by atoms with Crippen molar-refractivity contribution in [3.8, 4) is 5.75 Å². The number of thiophene rings is 1. The van der Waals surface area contributed by atoms with E-state index < -0.39 is 15.9 Å². The van der Waals surface area contributed by atoms with Gasteiger partial charge in [0.2, 0.25) is 10.0 Å². The molecule has 0 aliphatic carbocycles. The van der Waals surface area contributed by atoms with Crippen molar-refractivity contribution in [1.82, 2.24) is 4.31 Å². The van der Waals surface area contributed by atoms with Crippen LogP contribution in [0.25, 0.3) is 0 Å². The minimum absolute atomic E-state index is 0.0401. The standard InChI is InChI=1S/C22H22N2O4S2/c1-2-28-19-10-6-5-9-18(19)23-22(25)21-20(12-14-29-21)30(26,27)24-13-11-16-7-3-4-8-17(16)15-24/h3-10,12,14H,2,11,13,15H2,1H3,(H,23,25). The molecule has 1 aliphatic heterocycles. The number of hydrogen-bond donors (Lipinski definition) is 1. The molecule has 0 spiro atoms. The summed E-state index contributed by atoms with van der Waals surface area (Å²) in [6.07, 6.45) is 0.656. The molecule has 0 atom stereocenters. The van der Waals surface area contributed by atoms with Crippen LogP contribution in [0.15, 0.2) is 64.9 Å². The Morgan fingerprint density at radius 1 is 1.10 bits per heavy atom. The second-order valence-corrected chi connectivity index (χ2v) is 9.68. The zero-order chi connectivity index (χ0) is 21.1. The number of benzene rings is 2. The first-order valence-corrected chi connectivity index (χ1v) is 12.0. The quantitative estimate of drug-likeness (QED) is 0.622. The summed E-state index contributed by atoms with van der Waals surface area (Å²) < 4.78 is 33.7. The number of fused-ring (bicyclic) bond motifs is 1. The normalized spacial score (nSPS) is 14.2. The number of nitrogens with zero attached hydrogens (tertiary/aromatic N) is 1. The number of para-hydroxylation sites is 2. The molecule has 0 radical (unpaired) electrons. The average molecular weight is 443 g/mol. The van der Waals surface area contributed by atoms with E-state index in [9.17, 15) is 13.2 Å². The first-order chi connectivity index (χ1) is 14.5. The molecule has 1 aliphatic rings. The van der Waals surface area contributed by atoms with Crippen LogP contribution in [0.4, 0.5) is 5.69 Å². The molecule has 0 unspecified atom stereocenters. The molecular weight excluding hydrogens is 420 g/mol. The predicted octanol–water partition coefficient (Wildman–Crippen LogP) is 4.15. The van der Waals surface area contributed by atoms with Gasteiger partial charge in [-0.15, -0.1) is 11.3 Å². The Morgan fingerprint density at radius 2 is 1.83 bits per heavy atom. The van der Waals surface area contributed by atoms with Crippen LogP contribution in [0.5, 0.6) is 5.75 Å². The SMILES string of the molecule is CCOc1ccccc1NC(=O)c1sccc1S(=O)(=O)N1CCc2ccccc2C1. The summed E-state index contributed by atoms with van der Waals surface area (Å²) in [6.45, 7) is 3.02. The van der Waals surface area contributed by atoms with E-state index in [1.807, 2.05) is 37.3 Å². The van der Waals surface area contributed by atoms with Crippen LogP contribution in [-0.4, -0.2) is 31.8 Å². The van der Waals surface area contributed by atoms with E-state index in [0.717, 1.165) is 16.9 Å². The fourth-order valence-corrected chi connectivity index (χ4v) is 6.23. The number of anilines is 1. The Morgan fingerprint density at radius 3 is 2.63 bits per heavy atom. The highest BCUT2D eigenvalue weighted by atomic mass is 32.2. The topological polar surface area (TPSA) is 75.7 Å². The van der Waals surface area contributed by atoms with Gasteiger partial charge in [0, 0.05) is 13.1 Å². The lowest BCUT2D eigenvalue weighted by molar-refractivity contribution is 0.102. The van der Waals surface area contributed by atoms with E-state index in [-0.39, 0.29) is 9.77 Å². The molecule has 1 aromatic heterocycles. The van der Waals surface area contributed by atoms with Gasteiger partial charge < -0.3 is 10.1 Å². The highest BCUT2D eigenvalue weighted by Gasteiger charge is 2.32. The lowest BCUT2D eigenvalue weighted by atomic mass is 10.0. The maximum atomic E-state index is 13.3. The summed E-state index contributed by atoms with van der Waals surface area (Å²) in [5.74, 6) is 0.0788. The van der Waals surface area contributed by atoms with Crippen LogP contribution >= 0.6 is 11.3 Å². The fourth-order valence-electron chi connectivity index (χ4n) is 3.51. The summed E-state index contributed by atoms with van der Waals surface area (Å²) in [5, 5.41) is 4.43. The summed E-state index contributed by atoms with van der Waals surface area (Å²) in [5.41, 5.74) is 2.67. The van der Waals surface area contributed by atoms with E-state index in [2.05, 4.69) is 5.32 Å². The van der Waals surface area contributed by atoms with Crippen LogP contribution in [0.1, 0.15) is 27.7 Å². The minimum Gasteiger partial charge on any atom is -0.492 e. The maximum Gasteiger partial charge on any atom is 0.267 e. The molecule has 0 fully saturated rings. The zero-order valence-electron chi connectivity index (χ0n) is 16.5. The van der Waals surface area contributed by atoms with Crippen molar-refractivity contribution in [1.29, 1.82) is 0 Å². The number of sulfonamides is 1. The summed E-state index contributed by atoms with van der Waals surface area (Å²) in [4.78, 5) is 13.1. The highest BCUT2D eigenvalue weighted by molar-refractivity contribution is 7.89. The van der Waals surface area contributed by atoms with Gasteiger partial charge in [0.25, 0.3) is 5.91 Å². The van der Waals surface area contributed by atoms with Gasteiger partial charge in [0.05, 0.1) is 12.3 Å². The number of amides is 1. The van der Waals surface area contributed by atoms with E-state index in [1.165, 1.54) is 15.9 Å². The van der Waals surface area contributed by atoms with Gasteiger partial charge in [-0.3, -0.25) is 4.79 Å². The zero-order valence-corrected chi connectivity index (χ0v) is 18.1. The lowest BCUT2D eigenvalue weighted by Gasteiger charge is -2.28. The Hall–Kier alpha value is -2.68. The van der Waals surface area contributed by atoms with Crippen molar-refractivity contribution >= 4 is 33.0 Å². The minimum atomic E-state index is -3.80. The third-order valence-corrected chi connectivity index (χ3v) is 7.91. The lowest BCUT2D eigenvalue weighted by Crippen LogP contribution is -2.36. The molecule has 0 bridgehead atoms. The largest absolute Gasteiger partial charge is 0.492 e. The molecule has 2 aromatic carbocycles. The molecule has 1 amide bonds. The Balaban J connectivity index is 1.59. The molecule has 156 valence electrons. The highest BCUT2D eigenvalue weighted by Crippen LogP contribution is 2.31. The number of rotatable bonds is 6. The van der Waals surface area contributed by atoms with Gasteiger partial charge in [-0.05, 0) is 48.1 Å². The van der Waals surface area contributed by atoms with Crippen molar-refractivity contribution in [2.24, 2.45) is 0 Å². The van der Waals surface area contributed by atoms with Crippen LogP contribution in [-0.2, 0) is 23.0 Å². The van der Waals surface area contributed by atoms with Crippen LogP contribution in [0, 0.1) is 0 Å². The molecular formula is C22H22N2O4S2. The third-order valence-electron chi connectivity index (χ3n) is 4.98. The van der Waals surface area contributed by atoms with E-state index in [0.29, 0.717) is 37.6 Å². The third kappa shape index (κ3) is 3.98. The second-order valence-electron chi connectivity index (χ2n) is 6.85. The van der Waals surface area contributed by atoms with Crippen molar-refractivity contribution in [2.75, 3.05) is 18.5 Å². The smallest absolute Gasteiger partial charge is 0.267 e. The molecule has 1 N–H and O–H groups in total. The van der Waals surface area contributed by atoms with E-state index in [4.69, 9.17) is 4.74 Å². The first kappa shape index (κ1) is 20.6. The molecule has 3 aromatic rings. The van der Waals surface area contributed by atoms with Gasteiger partial charge in [-0.2, -0.15) is 4.31 Å². The van der Waals surface area contributed by atoms with Crippen LogP contribution in [0.2, 0.25) is 0 Å². The molecule has 0 saturated carbocycles. The van der Waals surface area contributed by atoms with Gasteiger partial charge in [0.1, 0.15) is 15.5 Å². The maximum absolute atomic E-state index is 13.3. The van der Waals surface area contributed by atoms with Crippen LogP contribution < -0.4 is 10.1 Å². The van der Waals surface area contributed by atoms with Crippen molar-refractivity contribution < 1.29 is 17.9 Å². The summed E-state index contributed by atoms with van der Waals surface area (Å²) in [7, 11) is -3.80. The number of carbonyl (C=O) groups excluding carboxylic acids is 1. The Labute approximate surface area is 180 Å². The predicted molar refractivity (Wildman–Crippen MR) is 118 cm³/mol. The monoisotopic (exact) mass is 442 g/mol. The number of hydrogen-bond acceptors (Lipinski definition) is 5. The van der Waals surface area contributed by atoms with Gasteiger partial charge in [0.15, 0.2) is 0 Å². The number of carbonyl (C=O) groups is 1. The van der Waals surface area contributed by atoms with Crippen molar-refractivity contribution in [3.63, 3.8) is 0 Å². The fraction of sp³-hybridized carbons (Fsp3) is 0.227. The van der Waals surface area contributed by atoms with Gasteiger partial charge in [-0.25, -0.2) is 8.42 Å². The average Bonchev–Trinajstić information content (AvgIpc) is 3.26. The molecule has 30 heavy (non-hydrogen) atoms. The Bertz CT molecular complexity index is 1170. The first-order valence-electron chi connectivity index (χ1n) is 9.68. The van der Waals surface area contributed by atoms with E-state index >= 15 is 0 Å². The Kier molecular flexibility index (Phi) is 5.90. The van der Waals surface area contributed by atoms with Crippen LogP contribution in [0.3, 0.4) is 0 Å².